The average Bonchev–Trinajstić information content (AvgIpc) is 3.02. The normalized spacial score (nSPS) is 10.9. The van der Waals surface area contributed by atoms with Crippen molar-refractivity contribution in [2.24, 2.45) is 5.16 Å². The van der Waals surface area contributed by atoms with E-state index in [0.717, 1.165) is 0 Å². The number of carbonyl (C=O) groups excluding carboxylic acids is 1. The molecule has 1 heterocycles. The van der Waals surface area contributed by atoms with E-state index >= 15 is 0 Å². The zero-order chi connectivity index (χ0) is 21.0. The van der Waals surface area contributed by atoms with E-state index in [0.29, 0.717) is 26.9 Å². The number of nitrogens with one attached hydrogen (secondary N) is 1. The number of benzene rings is 2. The Balaban J connectivity index is 1.74. The minimum absolute atomic E-state index is 0.111. The second kappa shape index (κ2) is 8.72. The number of aromatic nitrogens is 1. The van der Waals surface area contributed by atoms with Crippen molar-refractivity contribution in [1.29, 1.82) is 0 Å². The van der Waals surface area contributed by atoms with Gasteiger partial charge in [-0.05, 0) is 19.1 Å². The molecule has 0 aliphatic heterocycles. The van der Waals surface area contributed by atoms with Crippen LogP contribution in [0.3, 0.4) is 0 Å². The maximum atomic E-state index is 12.1. The molecule has 0 atom stereocenters. The molecule has 3 rings (SSSR count). The maximum Gasteiger partial charge on any atom is 0.438 e. The fourth-order valence-electron chi connectivity index (χ4n) is 2.39. The summed E-state index contributed by atoms with van der Waals surface area (Å²) in [4.78, 5) is 27.1. The molecule has 11 heteroatoms. The van der Waals surface area contributed by atoms with Crippen LogP contribution in [0.1, 0.15) is 11.3 Å². The topological polar surface area (TPSA) is 120 Å². The van der Waals surface area contributed by atoms with Crippen LogP contribution in [0.5, 0.6) is 0 Å². The molecular formula is C18H12Cl2N4O5. The lowest BCUT2D eigenvalue weighted by atomic mass is 10.1. The second-order valence-electron chi connectivity index (χ2n) is 5.65. The van der Waals surface area contributed by atoms with Crippen LogP contribution in [0.4, 0.5) is 16.2 Å². The number of aryl methyl sites for hydroxylation is 1. The van der Waals surface area contributed by atoms with Gasteiger partial charge in [-0.3, -0.25) is 20.3 Å². The minimum Gasteiger partial charge on any atom is -0.359 e. The van der Waals surface area contributed by atoms with E-state index in [1.807, 2.05) is 0 Å². The Morgan fingerprint density at radius 1 is 1.28 bits per heavy atom. The van der Waals surface area contributed by atoms with Crippen molar-refractivity contribution in [2.75, 3.05) is 5.32 Å². The third kappa shape index (κ3) is 4.71. The highest BCUT2D eigenvalue weighted by molar-refractivity contribution is 6.39. The molecule has 0 bridgehead atoms. The number of nitro groups is 1. The van der Waals surface area contributed by atoms with Gasteiger partial charge in [0.1, 0.15) is 11.4 Å². The SMILES string of the molecule is Cc1onc(-c2c(Cl)cccc2Cl)c1NC(=O)ON=Cc1cccc([N+](=O)[O-])c1. The van der Waals surface area contributed by atoms with Gasteiger partial charge in [0.2, 0.25) is 0 Å². The van der Waals surface area contributed by atoms with Crippen molar-refractivity contribution in [3.05, 3.63) is 73.9 Å². The van der Waals surface area contributed by atoms with Gasteiger partial charge in [0, 0.05) is 23.3 Å². The summed E-state index contributed by atoms with van der Waals surface area (Å²) in [5.41, 5.74) is 1.12. The Hall–Kier alpha value is -3.43. The summed E-state index contributed by atoms with van der Waals surface area (Å²) < 4.78 is 5.13. The van der Waals surface area contributed by atoms with Gasteiger partial charge in [0.25, 0.3) is 5.69 Å². The molecule has 0 saturated carbocycles. The van der Waals surface area contributed by atoms with E-state index in [1.165, 1.54) is 24.4 Å². The zero-order valence-electron chi connectivity index (χ0n) is 14.8. The molecule has 3 aromatic rings. The molecular weight excluding hydrogens is 423 g/mol. The van der Waals surface area contributed by atoms with Gasteiger partial charge < -0.3 is 4.52 Å². The van der Waals surface area contributed by atoms with Crippen LogP contribution in [0.25, 0.3) is 11.3 Å². The molecule has 1 N–H and O–H groups in total. The highest BCUT2D eigenvalue weighted by Crippen LogP contribution is 2.39. The van der Waals surface area contributed by atoms with Crippen LogP contribution in [-0.2, 0) is 4.84 Å². The van der Waals surface area contributed by atoms with Crippen molar-refractivity contribution in [3.63, 3.8) is 0 Å². The first-order valence-corrected chi connectivity index (χ1v) is 8.79. The Labute approximate surface area is 174 Å². The van der Waals surface area contributed by atoms with Crippen molar-refractivity contribution < 1.29 is 19.1 Å². The Kier molecular flexibility index (Phi) is 6.10. The lowest BCUT2D eigenvalue weighted by Crippen LogP contribution is -2.12. The number of halogens is 2. The number of oxime groups is 1. The Morgan fingerprint density at radius 2 is 1.97 bits per heavy atom. The summed E-state index contributed by atoms with van der Waals surface area (Å²) in [5.74, 6) is 0.301. The van der Waals surface area contributed by atoms with E-state index < -0.39 is 11.0 Å². The Morgan fingerprint density at radius 3 is 2.66 bits per heavy atom. The van der Waals surface area contributed by atoms with Crippen molar-refractivity contribution in [2.45, 2.75) is 6.92 Å². The quantitative estimate of drug-likeness (QED) is 0.246. The smallest absolute Gasteiger partial charge is 0.359 e. The van der Waals surface area contributed by atoms with Crippen molar-refractivity contribution >= 4 is 46.9 Å². The molecule has 148 valence electrons. The van der Waals surface area contributed by atoms with E-state index in [4.69, 9.17) is 32.6 Å². The second-order valence-corrected chi connectivity index (χ2v) is 6.46. The number of hydrogen-bond donors (Lipinski definition) is 1. The number of nitro benzene ring substituents is 1. The van der Waals surface area contributed by atoms with Crippen LogP contribution in [0.2, 0.25) is 10.0 Å². The largest absolute Gasteiger partial charge is 0.438 e. The monoisotopic (exact) mass is 434 g/mol. The number of carbonyl (C=O) groups is 1. The summed E-state index contributed by atoms with van der Waals surface area (Å²) in [6.45, 7) is 1.59. The lowest BCUT2D eigenvalue weighted by Gasteiger charge is -2.07. The zero-order valence-corrected chi connectivity index (χ0v) is 16.3. The summed E-state index contributed by atoms with van der Waals surface area (Å²) in [6.07, 6.45) is 0.237. The van der Waals surface area contributed by atoms with Gasteiger partial charge in [0.05, 0.1) is 21.2 Å². The number of nitrogens with zero attached hydrogens (tertiary/aromatic N) is 3. The molecule has 0 saturated heterocycles. The Bertz CT molecular complexity index is 1090. The summed E-state index contributed by atoms with van der Waals surface area (Å²) in [7, 11) is 0. The molecule has 0 spiro atoms. The molecule has 2 aromatic carbocycles. The van der Waals surface area contributed by atoms with Gasteiger partial charge in [-0.15, -0.1) is 0 Å². The van der Waals surface area contributed by atoms with E-state index in [9.17, 15) is 14.9 Å². The number of anilines is 1. The van der Waals surface area contributed by atoms with Gasteiger partial charge in [-0.25, -0.2) is 4.79 Å². The highest BCUT2D eigenvalue weighted by atomic mass is 35.5. The van der Waals surface area contributed by atoms with Crippen LogP contribution < -0.4 is 5.32 Å². The average molecular weight is 435 g/mol. The molecule has 0 aliphatic rings. The third-order valence-corrected chi connectivity index (χ3v) is 4.34. The fourth-order valence-corrected chi connectivity index (χ4v) is 2.97. The molecule has 0 fully saturated rings. The first-order valence-electron chi connectivity index (χ1n) is 8.03. The van der Waals surface area contributed by atoms with Crippen LogP contribution in [-0.4, -0.2) is 22.4 Å². The van der Waals surface area contributed by atoms with E-state index in [-0.39, 0.29) is 17.1 Å². The summed E-state index contributed by atoms with van der Waals surface area (Å²) in [5, 5.41) is 21.3. The van der Waals surface area contributed by atoms with Gasteiger partial charge >= 0.3 is 6.09 Å². The predicted molar refractivity (Wildman–Crippen MR) is 107 cm³/mol. The number of rotatable bonds is 5. The third-order valence-electron chi connectivity index (χ3n) is 3.71. The summed E-state index contributed by atoms with van der Waals surface area (Å²) in [6, 6.07) is 10.6. The molecule has 29 heavy (non-hydrogen) atoms. The summed E-state index contributed by atoms with van der Waals surface area (Å²) >= 11 is 12.4. The molecule has 1 aromatic heterocycles. The standard InChI is InChI=1S/C18H12Cl2N4O5/c1-10-16(17(23-28-10)15-13(19)6-3-7-14(15)20)22-18(25)29-21-9-11-4-2-5-12(8-11)24(26)27/h2-9H,1H3,(H,22,25). The molecule has 0 radical (unpaired) electrons. The molecule has 1 amide bonds. The van der Waals surface area contributed by atoms with Crippen LogP contribution in [0, 0.1) is 17.0 Å². The van der Waals surface area contributed by atoms with E-state index in [2.05, 4.69) is 15.6 Å². The van der Waals surface area contributed by atoms with Gasteiger partial charge in [-0.2, -0.15) is 0 Å². The maximum absolute atomic E-state index is 12.1. The van der Waals surface area contributed by atoms with Crippen molar-refractivity contribution in [1.82, 2.24) is 5.16 Å². The van der Waals surface area contributed by atoms with Gasteiger partial charge in [-0.1, -0.05) is 51.7 Å². The minimum atomic E-state index is -0.928. The highest BCUT2D eigenvalue weighted by Gasteiger charge is 2.21. The molecule has 0 aliphatic carbocycles. The lowest BCUT2D eigenvalue weighted by molar-refractivity contribution is -0.384. The van der Waals surface area contributed by atoms with Gasteiger partial charge in [0.15, 0.2) is 5.76 Å². The fraction of sp³-hybridized carbons (Fsp3) is 0.0556. The number of non-ortho nitro benzene ring substituents is 1. The van der Waals surface area contributed by atoms with Crippen LogP contribution in [0.15, 0.2) is 52.1 Å². The predicted octanol–water partition coefficient (Wildman–Crippen LogP) is 5.45. The molecule has 0 unspecified atom stereocenters. The van der Waals surface area contributed by atoms with Crippen molar-refractivity contribution in [3.8, 4) is 11.3 Å². The van der Waals surface area contributed by atoms with E-state index in [1.54, 1.807) is 31.2 Å². The first kappa shape index (κ1) is 20.3. The molecule has 9 nitrogen and oxygen atoms in total. The first-order chi connectivity index (χ1) is 13.9. The number of hydrogen-bond acceptors (Lipinski definition) is 7. The number of amides is 1. The van der Waals surface area contributed by atoms with Crippen LogP contribution >= 0.6 is 23.2 Å².